The second-order valence-corrected chi connectivity index (χ2v) is 10.1. The average molecular weight is 475 g/mol. The van der Waals surface area contributed by atoms with Crippen molar-refractivity contribution in [2.45, 2.75) is 47.1 Å². The fourth-order valence-corrected chi connectivity index (χ4v) is 4.44. The third-order valence-corrected chi connectivity index (χ3v) is 6.03. The second kappa shape index (κ2) is 13.4. The van der Waals surface area contributed by atoms with Crippen molar-refractivity contribution in [1.82, 2.24) is 0 Å². The molecule has 4 rings (SSSR count). The first-order chi connectivity index (χ1) is 17.4. The van der Waals surface area contributed by atoms with E-state index in [1.54, 1.807) is 0 Å². The van der Waals surface area contributed by atoms with Gasteiger partial charge in [0.2, 0.25) is 0 Å². The summed E-state index contributed by atoms with van der Waals surface area (Å²) in [4.78, 5) is 3.66. The van der Waals surface area contributed by atoms with Crippen LogP contribution in [0.4, 0.5) is 5.69 Å². The summed E-state index contributed by atoms with van der Waals surface area (Å²) in [5.74, 6) is 1.30. The van der Waals surface area contributed by atoms with Crippen LogP contribution in [0.25, 0.3) is 27.1 Å². The van der Waals surface area contributed by atoms with Gasteiger partial charge in [-0.25, -0.2) is 4.85 Å². The lowest BCUT2D eigenvalue weighted by molar-refractivity contribution is 0.647. The third-order valence-electron chi connectivity index (χ3n) is 6.03. The lowest BCUT2D eigenvalue weighted by Crippen LogP contribution is -2.02. The SMILES string of the molecule is CC(C)Cc1ccc(-c2ccccc2)c(CN)c1.[C-]#[N+]c1cc(CC(C)C)ccc1-c1ccccc1. The van der Waals surface area contributed by atoms with Crippen molar-refractivity contribution in [2.24, 2.45) is 17.6 Å². The molecule has 0 spiro atoms. The Bertz CT molecular complexity index is 1270. The number of hydrogen-bond acceptors (Lipinski definition) is 1. The van der Waals surface area contributed by atoms with Gasteiger partial charge in [-0.05, 0) is 58.1 Å². The zero-order chi connectivity index (χ0) is 25.9. The summed E-state index contributed by atoms with van der Waals surface area (Å²) in [5.41, 5.74) is 15.1. The monoisotopic (exact) mass is 474 g/mol. The van der Waals surface area contributed by atoms with Crippen molar-refractivity contribution >= 4 is 5.69 Å². The van der Waals surface area contributed by atoms with Gasteiger partial charge in [0, 0.05) is 6.54 Å². The highest BCUT2D eigenvalue weighted by atomic mass is 14.6. The summed E-state index contributed by atoms with van der Waals surface area (Å²) in [6.07, 6.45) is 2.14. The fraction of sp³-hybridized carbons (Fsp3) is 0.265. The van der Waals surface area contributed by atoms with Crippen LogP contribution in [-0.4, -0.2) is 0 Å². The van der Waals surface area contributed by atoms with Crippen molar-refractivity contribution in [1.29, 1.82) is 0 Å². The highest BCUT2D eigenvalue weighted by Crippen LogP contribution is 2.32. The topological polar surface area (TPSA) is 30.4 Å². The quantitative estimate of drug-likeness (QED) is 0.266. The average Bonchev–Trinajstić information content (AvgIpc) is 2.89. The van der Waals surface area contributed by atoms with E-state index in [4.69, 9.17) is 12.3 Å². The minimum atomic E-state index is 0.593. The molecule has 0 aliphatic heterocycles. The van der Waals surface area contributed by atoms with Gasteiger partial charge in [0.1, 0.15) is 0 Å². The Labute approximate surface area is 217 Å². The van der Waals surface area contributed by atoms with E-state index in [9.17, 15) is 0 Å². The molecule has 36 heavy (non-hydrogen) atoms. The van der Waals surface area contributed by atoms with Crippen molar-refractivity contribution in [3.63, 3.8) is 0 Å². The standard InChI is InChI=1S/C17H17N.C17H21N/c1-13(2)11-14-9-10-16(17(12-14)18-3)15-7-5-4-6-8-15;1-13(2)10-14-8-9-17(16(11-14)12-18)15-6-4-3-5-7-15/h4-10,12-13H,11H2,1-2H3;3-9,11,13H,10,12,18H2,1-2H3. The van der Waals surface area contributed by atoms with E-state index in [0.717, 1.165) is 29.7 Å². The highest BCUT2D eigenvalue weighted by Gasteiger charge is 2.08. The van der Waals surface area contributed by atoms with Crippen molar-refractivity contribution in [3.05, 3.63) is 125 Å². The molecule has 4 aromatic rings. The molecule has 4 aromatic carbocycles. The van der Waals surface area contributed by atoms with E-state index in [0.29, 0.717) is 18.4 Å². The first kappa shape index (κ1) is 26.9. The van der Waals surface area contributed by atoms with Crippen LogP contribution in [0.2, 0.25) is 0 Å². The molecule has 0 saturated carbocycles. The summed E-state index contributed by atoms with van der Waals surface area (Å²) in [6.45, 7) is 16.8. The Morgan fingerprint density at radius 3 is 1.58 bits per heavy atom. The van der Waals surface area contributed by atoms with E-state index >= 15 is 0 Å². The summed E-state index contributed by atoms with van der Waals surface area (Å²) < 4.78 is 0. The number of hydrogen-bond donors (Lipinski definition) is 1. The molecule has 0 unspecified atom stereocenters. The number of rotatable bonds is 7. The minimum absolute atomic E-state index is 0.593. The molecule has 0 saturated heterocycles. The van der Waals surface area contributed by atoms with Crippen LogP contribution in [0.15, 0.2) is 97.1 Å². The van der Waals surface area contributed by atoms with E-state index < -0.39 is 0 Å². The minimum Gasteiger partial charge on any atom is -0.326 e. The molecule has 0 aromatic heterocycles. The molecule has 0 aliphatic carbocycles. The van der Waals surface area contributed by atoms with Gasteiger partial charge in [-0.15, -0.1) is 0 Å². The normalized spacial score (nSPS) is 10.6. The van der Waals surface area contributed by atoms with Crippen LogP contribution < -0.4 is 5.73 Å². The van der Waals surface area contributed by atoms with Gasteiger partial charge in [0.15, 0.2) is 5.69 Å². The molecule has 2 N–H and O–H groups in total. The Hall–Kier alpha value is -3.67. The van der Waals surface area contributed by atoms with Crippen LogP contribution in [-0.2, 0) is 19.4 Å². The van der Waals surface area contributed by atoms with E-state index in [1.807, 2.05) is 42.5 Å². The lowest BCUT2D eigenvalue weighted by Gasteiger charge is -2.12. The highest BCUT2D eigenvalue weighted by molar-refractivity contribution is 5.79. The zero-order valence-corrected chi connectivity index (χ0v) is 22.0. The maximum absolute atomic E-state index is 7.34. The molecule has 2 heteroatoms. The zero-order valence-electron chi connectivity index (χ0n) is 22.0. The molecule has 184 valence electrons. The third kappa shape index (κ3) is 7.67. The molecule has 0 fully saturated rings. The molecule has 0 radical (unpaired) electrons. The largest absolute Gasteiger partial charge is 0.326 e. The van der Waals surface area contributed by atoms with Crippen LogP contribution in [0.1, 0.15) is 44.4 Å². The number of benzene rings is 4. The summed E-state index contributed by atoms with van der Waals surface area (Å²) >= 11 is 0. The van der Waals surface area contributed by atoms with Gasteiger partial charge in [-0.2, -0.15) is 0 Å². The van der Waals surface area contributed by atoms with E-state index in [-0.39, 0.29) is 0 Å². The van der Waals surface area contributed by atoms with Gasteiger partial charge in [-0.3, -0.25) is 0 Å². The smallest absolute Gasteiger partial charge is 0.195 e. The Morgan fingerprint density at radius 1 is 0.639 bits per heavy atom. The van der Waals surface area contributed by atoms with E-state index in [1.165, 1.54) is 27.8 Å². The molecule has 0 bridgehead atoms. The van der Waals surface area contributed by atoms with Crippen LogP contribution in [0.3, 0.4) is 0 Å². The number of nitrogens with zero attached hydrogens (tertiary/aromatic N) is 1. The van der Waals surface area contributed by atoms with Gasteiger partial charge in [-0.1, -0.05) is 130 Å². The molecular weight excluding hydrogens is 436 g/mol. The molecule has 0 aliphatic rings. The van der Waals surface area contributed by atoms with Crippen molar-refractivity contribution in [2.75, 3.05) is 0 Å². The molecular formula is C34H38N2. The van der Waals surface area contributed by atoms with Gasteiger partial charge < -0.3 is 5.73 Å². The Balaban J connectivity index is 0.000000201. The first-order valence-corrected chi connectivity index (χ1v) is 12.8. The summed E-state index contributed by atoms with van der Waals surface area (Å²) in [5, 5.41) is 0. The second-order valence-electron chi connectivity index (χ2n) is 10.1. The summed E-state index contributed by atoms with van der Waals surface area (Å²) in [6, 6.07) is 33.5. The molecule has 0 amide bonds. The summed E-state index contributed by atoms with van der Waals surface area (Å²) in [7, 11) is 0. The van der Waals surface area contributed by atoms with Gasteiger partial charge in [0.25, 0.3) is 0 Å². The van der Waals surface area contributed by atoms with Gasteiger partial charge in [0.05, 0.1) is 6.57 Å². The predicted molar refractivity (Wildman–Crippen MR) is 155 cm³/mol. The van der Waals surface area contributed by atoms with Crippen molar-refractivity contribution < 1.29 is 0 Å². The van der Waals surface area contributed by atoms with Crippen LogP contribution >= 0.6 is 0 Å². The molecule has 0 heterocycles. The fourth-order valence-electron chi connectivity index (χ4n) is 4.44. The van der Waals surface area contributed by atoms with Crippen LogP contribution in [0.5, 0.6) is 0 Å². The maximum Gasteiger partial charge on any atom is 0.195 e. The Kier molecular flexibility index (Phi) is 10.0. The maximum atomic E-state index is 7.34. The van der Waals surface area contributed by atoms with Gasteiger partial charge >= 0.3 is 0 Å². The molecule has 0 atom stereocenters. The van der Waals surface area contributed by atoms with E-state index in [2.05, 4.69) is 87.1 Å². The van der Waals surface area contributed by atoms with Crippen molar-refractivity contribution in [3.8, 4) is 22.3 Å². The predicted octanol–water partition coefficient (Wildman–Crippen LogP) is 9.11. The van der Waals surface area contributed by atoms with Crippen LogP contribution in [0, 0.1) is 18.4 Å². The lowest BCUT2D eigenvalue weighted by atomic mass is 9.94. The Morgan fingerprint density at radius 2 is 1.11 bits per heavy atom. The molecule has 2 nitrogen and oxygen atoms in total. The first-order valence-electron chi connectivity index (χ1n) is 12.8. The number of nitrogens with two attached hydrogens (primary N) is 1.